The highest BCUT2D eigenvalue weighted by Crippen LogP contribution is 2.14. The van der Waals surface area contributed by atoms with E-state index >= 15 is 0 Å². The first kappa shape index (κ1) is 55.5. The van der Waals surface area contributed by atoms with Crippen LogP contribution in [-0.2, 0) is 33.6 Å². The Morgan fingerprint density at radius 2 is 0.850 bits per heavy atom. The summed E-state index contributed by atoms with van der Waals surface area (Å²) < 4.78 is 0. The van der Waals surface area contributed by atoms with E-state index in [1.54, 1.807) is 13.8 Å². The molecule has 7 unspecified atom stereocenters. The molecule has 0 aliphatic rings. The maximum atomic E-state index is 14.0. The number of nitrogens with zero attached hydrogens (tertiary/aromatic N) is 1. The van der Waals surface area contributed by atoms with Gasteiger partial charge in [-0.15, -0.1) is 0 Å². The maximum absolute atomic E-state index is 14.0. The molecule has 0 radical (unpaired) electrons. The number of carbonyl (C=O) groups excluding carboxylic acids is 6. The van der Waals surface area contributed by atoms with E-state index in [4.69, 9.17) is 22.9 Å². The first-order chi connectivity index (χ1) is 27.9. The molecule has 0 aromatic carbocycles. The van der Waals surface area contributed by atoms with Gasteiger partial charge in [0, 0.05) is 6.54 Å². The molecule has 7 atom stereocenters. The summed E-state index contributed by atoms with van der Waals surface area (Å²) in [4.78, 5) is 97.9. The van der Waals surface area contributed by atoms with Gasteiger partial charge in [0.05, 0.1) is 6.04 Å². The number of carbonyl (C=O) groups is 7. The van der Waals surface area contributed by atoms with Crippen LogP contribution in [0.15, 0.2) is 4.99 Å². The van der Waals surface area contributed by atoms with Crippen LogP contribution in [0.4, 0.5) is 0 Å². The fraction of sp³-hybridized carbons (Fsp3) is 0.805. The van der Waals surface area contributed by atoms with Crippen molar-refractivity contribution in [2.45, 2.75) is 169 Å². The lowest BCUT2D eigenvalue weighted by Gasteiger charge is -2.29. The zero-order chi connectivity index (χ0) is 46.3. The number of nitrogens with two attached hydrogens (primary N) is 4. The minimum absolute atomic E-state index is 0.0757. The average Bonchev–Trinajstić information content (AvgIpc) is 3.12. The summed E-state index contributed by atoms with van der Waals surface area (Å²) >= 11 is 0. The smallest absolute Gasteiger partial charge is 0.326 e. The summed E-state index contributed by atoms with van der Waals surface area (Å²) in [6.45, 7) is 18.9. The molecule has 0 heterocycles. The number of rotatable bonds is 30. The summed E-state index contributed by atoms with van der Waals surface area (Å²) in [7, 11) is 0. The number of nitrogens with one attached hydrogen (secondary N) is 6. The Labute approximate surface area is 357 Å². The standard InChI is InChI=1S/C41H79N11O8/c1-22(2)18-27(43)34(53)47-29(15-13-17-46-41(44)45)35(54)49-31(20-24(5)6)38(57)51-32(21-25(7)8)39(58)50-30(19-23(3)4)37(56)48-28(14-11-12-16-42)36(55)52-33(26(9)10)40(59)60/h22-33H,11-21,42-43H2,1-10H3,(H,47,53)(H,48,56)(H,49,54)(H,50,58)(H,51,57)(H,52,55)(H,59,60)(H4,44,45,46). The van der Waals surface area contributed by atoms with E-state index in [2.05, 4.69) is 36.9 Å². The quantitative estimate of drug-likeness (QED) is 0.0265. The molecule has 60 heavy (non-hydrogen) atoms. The molecular formula is C41H79N11O8. The van der Waals surface area contributed by atoms with E-state index in [9.17, 15) is 38.7 Å². The molecule has 0 aromatic rings. The zero-order valence-electron chi connectivity index (χ0n) is 37.8. The van der Waals surface area contributed by atoms with Crippen LogP contribution in [0.2, 0.25) is 0 Å². The van der Waals surface area contributed by atoms with Gasteiger partial charge in [-0.1, -0.05) is 69.2 Å². The Balaban J connectivity index is 6.44. The van der Waals surface area contributed by atoms with E-state index in [0.717, 1.165) is 0 Å². The number of carboxylic acid groups (broad SMARTS) is 1. The second-order valence-electron chi connectivity index (χ2n) is 17.7. The van der Waals surface area contributed by atoms with Crippen molar-refractivity contribution in [3.05, 3.63) is 0 Å². The molecule has 19 heteroatoms. The predicted molar refractivity (Wildman–Crippen MR) is 233 cm³/mol. The van der Waals surface area contributed by atoms with Gasteiger partial charge in [0.1, 0.15) is 36.3 Å². The molecule has 19 nitrogen and oxygen atoms in total. The highest BCUT2D eigenvalue weighted by Gasteiger charge is 2.34. The van der Waals surface area contributed by atoms with Gasteiger partial charge in [0.25, 0.3) is 0 Å². The Bertz CT molecular complexity index is 1400. The summed E-state index contributed by atoms with van der Waals surface area (Å²) in [6.07, 6.45) is 2.65. The molecular weight excluding hydrogens is 775 g/mol. The van der Waals surface area contributed by atoms with Gasteiger partial charge in [-0.3, -0.25) is 33.8 Å². The minimum Gasteiger partial charge on any atom is -0.480 e. The van der Waals surface area contributed by atoms with Crippen LogP contribution in [0.25, 0.3) is 0 Å². The van der Waals surface area contributed by atoms with Gasteiger partial charge in [0.2, 0.25) is 35.4 Å². The van der Waals surface area contributed by atoms with Crippen molar-refractivity contribution in [2.75, 3.05) is 13.1 Å². The number of hydrogen-bond donors (Lipinski definition) is 11. The Hall–Kier alpha value is -4.52. The normalized spacial score (nSPS) is 15.0. The number of aliphatic carboxylic acids is 1. The number of unbranched alkanes of at least 4 members (excludes halogenated alkanes) is 1. The summed E-state index contributed by atoms with van der Waals surface area (Å²) in [5, 5.41) is 26.0. The third kappa shape index (κ3) is 23.3. The van der Waals surface area contributed by atoms with Gasteiger partial charge in [-0.05, 0) is 93.9 Å². The third-order valence-corrected chi connectivity index (χ3v) is 9.47. The number of aliphatic imine (C=N–C) groups is 1. The lowest BCUT2D eigenvalue weighted by atomic mass is 9.98. The average molecular weight is 854 g/mol. The van der Waals surface area contributed by atoms with Gasteiger partial charge in [-0.25, -0.2) is 4.79 Å². The van der Waals surface area contributed by atoms with E-state index < -0.39 is 89.6 Å². The molecule has 0 fully saturated rings. The highest BCUT2D eigenvalue weighted by atomic mass is 16.4. The van der Waals surface area contributed by atoms with Gasteiger partial charge in [-0.2, -0.15) is 0 Å². The molecule has 0 bridgehead atoms. The van der Waals surface area contributed by atoms with Crippen molar-refractivity contribution in [3.63, 3.8) is 0 Å². The Kier molecular flexibility index (Phi) is 26.7. The first-order valence-electron chi connectivity index (χ1n) is 21.5. The molecule has 0 saturated carbocycles. The second-order valence-corrected chi connectivity index (χ2v) is 17.7. The van der Waals surface area contributed by atoms with Gasteiger partial charge >= 0.3 is 5.97 Å². The van der Waals surface area contributed by atoms with Gasteiger partial charge < -0.3 is 59.9 Å². The molecule has 0 saturated heterocycles. The number of hydrogen-bond acceptors (Lipinski definition) is 10. The largest absolute Gasteiger partial charge is 0.480 e. The van der Waals surface area contributed by atoms with Crippen molar-refractivity contribution in [1.29, 1.82) is 0 Å². The molecule has 6 amide bonds. The number of carboxylic acids is 1. The summed E-state index contributed by atoms with van der Waals surface area (Å²) in [6, 6.07) is -7.57. The molecule has 0 spiro atoms. The van der Waals surface area contributed by atoms with Crippen molar-refractivity contribution >= 4 is 47.4 Å². The van der Waals surface area contributed by atoms with E-state index in [1.807, 2.05) is 55.4 Å². The Morgan fingerprint density at radius 1 is 0.500 bits per heavy atom. The van der Waals surface area contributed by atoms with Crippen LogP contribution in [0.1, 0.15) is 127 Å². The van der Waals surface area contributed by atoms with E-state index in [1.165, 1.54) is 0 Å². The molecule has 346 valence electrons. The molecule has 0 rings (SSSR count). The molecule has 0 aliphatic heterocycles. The predicted octanol–water partition coefficient (Wildman–Crippen LogP) is 0.330. The van der Waals surface area contributed by atoms with Crippen LogP contribution < -0.4 is 54.8 Å². The first-order valence-corrected chi connectivity index (χ1v) is 21.5. The number of guanidine groups is 1. The molecule has 0 aliphatic carbocycles. The van der Waals surface area contributed by atoms with E-state index in [-0.39, 0.29) is 68.3 Å². The van der Waals surface area contributed by atoms with Crippen molar-refractivity contribution in [3.8, 4) is 0 Å². The van der Waals surface area contributed by atoms with Crippen LogP contribution >= 0.6 is 0 Å². The second kappa shape index (κ2) is 28.9. The summed E-state index contributed by atoms with van der Waals surface area (Å²) in [5.41, 5.74) is 22.7. The van der Waals surface area contributed by atoms with Crippen LogP contribution in [-0.4, -0.2) is 108 Å². The van der Waals surface area contributed by atoms with Gasteiger partial charge in [0.15, 0.2) is 5.96 Å². The zero-order valence-corrected chi connectivity index (χ0v) is 37.8. The monoisotopic (exact) mass is 854 g/mol. The topological polar surface area (TPSA) is 328 Å². The lowest BCUT2D eigenvalue weighted by molar-refractivity contribution is -0.143. The summed E-state index contributed by atoms with van der Waals surface area (Å²) in [5.74, 6) is -5.64. The van der Waals surface area contributed by atoms with E-state index in [0.29, 0.717) is 32.2 Å². The lowest BCUT2D eigenvalue weighted by Crippen LogP contribution is -2.60. The van der Waals surface area contributed by atoms with Crippen molar-refractivity contribution in [2.24, 2.45) is 57.5 Å². The fourth-order valence-corrected chi connectivity index (χ4v) is 6.39. The Morgan fingerprint density at radius 3 is 1.20 bits per heavy atom. The number of amides is 6. The highest BCUT2D eigenvalue weighted by molar-refractivity contribution is 5.97. The third-order valence-electron chi connectivity index (χ3n) is 9.47. The van der Waals surface area contributed by atoms with Crippen LogP contribution in [0.5, 0.6) is 0 Å². The SMILES string of the molecule is CC(C)CC(N)C(=O)NC(CCCN=C(N)N)C(=O)NC(CC(C)C)C(=O)NC(CC(C)C)C(=O)NC(CC(C)C)C(=O)NC(CCCCN)C(=O)NC(C(=O)O)C(C)C. The van der Waals surface area contributed by atoms with Crippen LogP contribution in [0.3, 0.4) is 0 Å². The fourth-order valence-electron chi connectivity index (χ4n) is 6.39. The van der Waals surface area contributed by atoms with Crippen molar-refractivity contribution in [1.82, 2.24) is 31.9 Å². The molecule has 15 N–H and O–H groups in total. The van der Waals surface area contributed by atoms with Crippen molar-refractivity contribution < 1.29 is 38.7 Å². The molecule has 0 aromatic heterocycles. The minimum atomic E-state index is -1.21. The van der Waals surface area contributed by atoms with Crippen LogP contribution in [0, 0.1) is 29.6 Å². The maximum Gasteiger partial charge on any atom is 0.326 e.